The lowest BCUT2D eigenvalue weighted by atomic mass is 9.47. The fraction of sp³-hybridized carbons (Fsp3) is 0.500. The molecule has 0 spiro atoms. The summed E-state index contributed by atoms with van der Waals surface area (Å²) in [5, 5.41) is 5.21. The van der Waals surface area contributed by atoms with Crippen molar-refractivity contribution in [3.63, 3.8) is 0 Å². The fourth-order valence-electron chi connectivity index (χ4n) is 7.82. The molecule has 0 radical (unpaired) electrons. The Morgan fingerprint density at radius 2 is 1.93 bits per heavy atom. The van der Waals surface area contributed by atoms with Crippen molar-refractivity contribution in [1.82, 2.24) is 0 Å². The average Bonchev–Trinajstić information content (AvgIpc) is 3.27. The number of nitrogens with two attached hydrogens (primary N) is 1. The van der Waals surface area contributed by atoms with Crippen molar-refractivity contribution < 1.29 is 27.5 Å². The van der Waals surface area contributed by atoms with Crippen molar-refractivity contribution >= 4 is 22.0 Å². The number of aryl methyl sites for hydroxylation is 1. The van der Waals surface area contributed by atoms with Gasteiger partial charge in [-0.05, 0) is 104 Å². The second kappa shape index (κ2) is 10.8. The van der Waals surface area contributed by atoms with E-state index in [4.69, 9.17) is 14.6 Å². The summed E-state index contributed by atoms with van der Waals surface area (Å²) in [6, 6.07) is 11.4. The Bertz CT molecular complexity index is 1430. The number of sulfonamides is 1. The lowest BCUT2D eigenvalue weighted by Gasteiger charge is -2.57. The highest BCUT2D eigenvalue weighted by molar-refractivity contribution is 7.89. The van der Waals surface area contributed by atoms with Gasteiger partial charge in [-0.2, -0.15) is 0 Å². The topological polar surface area (TPSA) is 113 Å². The van der Waals surface area contributed by atoms with Crippen molar-refractivity contribution in [3.8, 4) is 5.75 Å². The van der Waals surface area contributed by atoms with Gasteiger partial charge >= 0.3 is 11.9 Å². The molecular weight excluding hydrogens is 526 g/mol. The van der Waals surface area contributed by atoms with Crippen LogP contribution in [0.1, 0.15) is 92.6 Å². The minimum absolute atomic E-state index is 0.0458. The molecule has 2 fully saturated rings. The van der Waals surface area contributed by atoms with Gasteiger partial charge in [0.15, 0.2) is 0 Å². The van der Waals surface area contributed by atoms with Crippen molar-refractivity contribution in [1.29, 1.82) is 0 Å². The van der Waals surface area contributed by atoms with Crippen LogP contribution in [-0.2, 0) is 26.0 Å². The van der Waals surface area contributed by atoms with Crippen LogP contribution in [0.4, 0.5) is 0 Å². The molecule has 5 rings (SSSR count). The molecule has 2 aromatic rings. The Hall–Kier alpha value is -2.97. The van der Waals surface area contributed by atoms with E-state index in [1.54, 1.807) is 0 Å². The van der Waals surface area contributed by atoms with Crippen LogP contribution in [0, 0.1) is 16.7 Å². The third-order valence-corrected chi connectivity index (χ3v) is 10.7. The summed E-state index contributed by atoms with van der Waals surface area (Å²) >= 11 is 0. The van der Waals surface area contributed by atoms with E-state index in [0.717, 1.165) is 56.9 Å². The Balaban J connectivity index is 1.35. The van der Waals surface area contributed by atoms with Crippen LogP contribution in [0.2, 0.25) is 0 Å². The zero-order valence-electron chi connectivity index (χ0n) is 23.4. The van der Waals surface area contributed by atoms with E-state index in [9.17, 15) is 18.0 Å². The Kier molecular flexibility index (Phi) is 7.70. The van der Waals surface area contributed by atoms with E-state index in [-0.39, 0.29) is 33.4 Å². The van der Waals surface area contributed by atoms with Gasteiger partial charge in [-0.1, -0.05) is 38.5 Å². The first-order valence-corrected chi connectivity index (χ1v) is 15.9. The van der Waals surface area contributed by atoms with E-state index in [1.165, 1.54) is 29.8 Å². The number of carbonyl (C=O) groups excluding carboxylic acids is 2. The maximum absolute atomic E-state index is 12.8. The normalized spacial score (nSPS) is 29.0. The highest BCUT2D eigenvalue weighted by Gasteiger charge is 2.62. The summed E-state index contributed by atoms with van der Waals surface area (Å²) in [6.07, 6.45) is 10.1. The molecule has 2 saturated carbocycles. The number of benzene rings is 2. The summed E-state index contributed by atoms with van der Waals surface area (Å²) in [4.78, 5) is 25.2. The van der Waals surface area contributed by atoms with Gasteiger partial charge in [-0.3, -0.25) is 4.79 Å². The number of unbranched alkanes of at least 4 members (excludes halogenated alkanes) is 1. The number of fused-ring (bicyclic) bond motifs is 5. The van der Waals surface area contributed by atoms with Gasteiger partial charge in [0, 0.05) is 11.8 Å². The summed E-state index contributed by atoms with van der Waals surface area (Å²) in [7, 11) is -3.93. The summed E-state index contributed by atoms with van der Waals surface area (Å²) in [6.45, 7) is 8.73. The largest absolute Gasteiger partial charge is 0.462 e. The van der Waals surface area contributed by atoms with Crippen molar-refractivity contribution in [2.75, 3.05) is 0 Å². The van der Waals surface area contributed by atoms with E-state index < -0.39 is 16.0 Å². The maximum atomic E-state index is 12.8. The SMILES string of the molecule is C=C[C@@]12CCc3cc(OC(=O)c4cccc(S(N)(=O)=O)c4)ccc3[C@H]1CC[C@]1(C)[C@@H](OC(=O)CCCC)CC[C@H]12. The standard InChI is InChI=1S/C32H39NO6S/c1-4-6-10-29(34)39-28-14-13-27-31(28,3)17-16-26-25-12-11-23(19-21(25)15-18-32(26,27)5-2)38-30(35)22-8-7-9-24(20-22)40(33,36)37/h5,7-9,11-12,19-20,26-28H,2,4,6,10,13-18H2,1,3H3,(H2,33,36,37)/t26-,27-,28+,31+,32-/m1/s1. The molecule has 8 heteroatoms. The van der Waals surface area contributed by atoms with Gasteiger partial charge in [0.05, 0.1) is 10.5 Å². The number of esters is 2. The molecule has 2 aromatic carbocycles. The second-order valence-electron chi connectivity index (χ2n) is 11.9. The first kappa shape index (κ1) is 28.6. The third kappa shape index (κ3) is 5.00. The Labute approximate surface area is 237 Å². The summed E-state index contributed by atoms with van der Waals surface area (Å²) in [5.41, 5.74) is 2.41. The van der Waals surface area contributed by atoms with Gasteiger partial charge in [-0.15, -0.1) is 6.58 Å². The molecule has 0 unspecified atom stereocenters. The van der Waals surface area contributed by atoms with Crippen molar-refractivity contribution in [2.24, 2.45) is 21.9 Å². The molecule has 0 aliphatic heterocycles. The van der Waals surface area contributed by atoms with Crippen LogP contribution >= 0.6 is 0 Å². The highest BCUT2D eigenvalue weighted by atomic mass is 32.2. The molecule has 0 heterocycles. The molecule has 7 nitrogen and oxygen atoms in total. The molecule has 0 aromatic heterocycles. The number of hydrogen-bond acceptors (Lipinski definition) is 6. The van der Waals surface area contributed by atoms with E-state index >= 15 is 0 Å². The van der Waals surface area contributed by atoms with E-state index in [1.807, 2.05) is 12.1 Å². The number of carbonyl (C=O) groups is 2. The van der Waals surface area contributed by atoms with Crippen LogP contribution in [0.5, 0.6) is 5.75 Å². The molecule has 214 valence electrons. The number of primary sulfonamides is 1. The van der Waals surface area contributed by atoms with Gasteiger partial charge in [0.2, 0.25) is 10.0 Å². The molecule has 5 atom stereocenters. The molecule has 40 heavy (non-hydrogen) atoms. The lowest BCUT2D eigenvalue weighted by Crippen LogP contribution is -2.51. The molecule has 2 N–H and O–H groups in total. The van der Waals surface area contributed by atoms with Gasteiger partial charge in [0.1, 0.15) is 11.9 Å². The van der Waals surface area contributed by atoms with Gasteiger partial charge < -0.3 is 9.47 Å². The first-order valence-electron chi connectivity index (χ1n) is 14.3. The predicted molar refractivity (Wildman–Crippen MR) is 152 cm³/mol. The van der Waals surface area contributed by atoms with Gasteiger partial charge in [0.25, 0.3) is 0 Å². The van der Waals surface area contributed by atoms with E-state index in [0.29, 0.717) is 24.0 Å². The number of ether oxygens (including phenoxy) is 2. The van der Waals surface area contributed by atoms with Crippen LogP contribution in [0.15, 0.2) is 60.0 Å². The van der Waals surface area contributed by atoms with E-state index in [2.05, 4.69) is 32.6 Å². The van der Waals surface area contributed by atoms with Crippen LogP contribution < -0.4 is 9.88 Å². The molecule has 0 amide bonds. The molecule has 3 aliphatic rings. The summed E-state index contributed by atoms with van der Waals surface area (Å²) in [5.74, 6) is 0.405. The zero-order valence-corrected chi connectivity index (χ0v) is 24.2. The number of allylic oxidation sites excluding steroid dienone is 1. The Morgan fingerprint density at radius 1 is 1.12 bits per heavy atom. The molecule has 3 aliphatic carbocycles. The minimum atomic E-state index is -3.93. The fourth-order valence-corrected chi connectivity index (χ4v) is 8.38. The smallest absolute Gasteiger partial charge is 0.343 e. The van der Waals surface area contributed by atoms with Crippen LogP contribution in [0.25, 0.3) is 0 Å². The minimum Gasteiger partial charge on any atom is -0.462 e. The van der Waals surface area contributed by atoms with Crippen molar-refractivity contribution in [2.45, 2.75) is 88.6 Å². The van der Waals surface area contributed by atoms with Crippen LogP contribution in [0.3, 0.4) is 0 Å². The maximum Gasteiger partial charge on any atom is 0.343 e. The Morgan fingerprint density at radius 3 is 2.65 bits per heavy atom. The predicted octanol–water partition coefficient (Wildman–Crippen LogP) is 6.07. The van der Waals surface area contributed by atoms with Crippen LogP contribution in [-0.4, -0.2) is 26.5 Å². The quantitative estimate of drug-likeness (QED) is 0.236. The number of hydrogen-bond donors (Lipinski definition) is 1. The second-order valence-corrected chi connectivity index (χ2v) is 13.5. The highest BCUT2D eigenvalue weighted by Crippen LogP contribution is 2.68. The third-order valence-electron chi connectivity index (χ3n) is 9.83. The molecule has 0 saturated heterocycles. The first-order chi connectivity index (χ1) is 19.0. The lowest BCUT2D eigenvalue weighted by molar-refractivity contribution is -0.159. The average molecular weight is 566 g/mol. The summed E-state index contributed by atoms with van der Waals surface area (Å²) < 4.78 is 35.1. The monoisotopic (exact) mass is 565 g/mol. The molecular formula is C32H39NO6S. The van der Waals surface area contributed by atoms with Crippen molar-refractivity contribution in [3.05, 3.63) is 71.8 Å². The zero-order chi connectivity index (χ0) is 28.7. The molecule has 0 bridgehead atoms. The number of rotatable bonds is 8. The van der Waals surface area contributed by atoms with Gasteiger partial charge in [-0.25, -0.2) is 18.4 Å².